The van der Waals surface area contributed by atoms with E-state index in [4.69, 9.17) is 25.8 Å². The lowest BCUT2D eigenvalue weighted by molar-refractivity contribution is 0.174. The van der Waals surface area contributed by atoms with Crippen LogP contribution in [-0.2, 0) is 11.2 Å². The second-order valence-electron chi connectivity index (χ2n) is 6.77. The van der Waals surface area contributed by atoms with Crippen LogP contribution < -0.4 is 9.47 Å². The second-order valence-corrected chi connectivity index (χ2v) is 7.18. The Hall–Kier alpha value is -2.57. The number of imidazole rings is 1. The molecule has 3 aromatic rings. The zero-order chi connectivity index (χ0) is 18.2. The summed E-state index contributed by atoms with van der Waals surface area (Å²) in [6.45, 7) is 1.59. The third-order valence-electron chi connectivity index (χ3n) is 5.14. The highest BCUT2D eigenvalue weighted by atomic mass is 35.5. The van der Waals surface area contributed by atoms with E-state index in [1.807, 2.05) is 24.7 Å². The Kier molecular flexibility index (Phi) is 4.22. The third kappa shape index (κ3) is 3.05. The molecule has 0 bridgehead atoms. The fourth-order valence-corrected chi connectivity index (χ4v) is 4.03. The van der Waals surface area contributed by atoms with E-state index in [0.717, 1.165) is 24.4 Å². The SMILES string of the molecule is Clc1cc2c(cc1-c1nccn1[C@@H]1COC[C@H]1Cc1ccncc1)OCO2. The summed E-state index contributed by atoms with van der Waals surface area (Å²) >= 11 is 6.52. The van der Waals surface area contributed by atoms with Crippen molar-refractivity contribution in [3.8, 4) is 22.9 Å². The maximum Gasteiger partial charge on any atom is 0.231 e. The van der Waals surface area contributed by atoms with Gasteiger partial charge in [0.1, 0.15) is 5.82 Å². The van der Waals surface area contributed by atoms with E-state index in [0.29, 0.717) is 29.0 Å². The largest absolute Gasteiger partial charge is 0.454 e. The van der Waals surface area contributed by atoms with Gasteiger partial charge in [0.2, 0.25) is 6.79 Å². The molecule has 1 saturated heterocycles. The second kappa shape index (κ2) is 6.87. The van der Waals surface area contributed by atoms with Crippen molar-refractivity contribution in [3.05, 3.63) is 59.6 Å². The zero-order valence-electron chi connectivity index (χ0n) is 14.5. The van der Waals surface area contributed by atoms with Crippen LogP contribution in [0, 0.1) is 5.92 Å². The third-order valence-corrected chi connectivity index (χ3v) is 5.45. The summed E-state index contributed by atoms with van der Waals surface area (Å²) in [5, 5.41) is 0.594. The van der Waals surface area contributed by atoms with Crippen LogP contribution in [0.25, 0.3) is 11.4 Å². The number of halogens is 1. The Morgan fingerprint density at radius 2 is 1.89 bits per heavy atom. The number of fused-ring (bicyclic) bond motifs is 1. The lowest BCUT2D eigenvalue weighted by Gasteiger charge is -2.21. The van der Waals surface area contributed by atoms with E-state index in [1.165, 1.54) is 5.56 Å². The minimum absolute atomic E-state index is 0.192. The van der Waals surface area contributed by atoms with Crippen LogP contribution in [0.1, 0.15) is 11.6 Å². The van der Waals surface area contributed by atoms with Gasteiger partial charge in [-0.1, -0.05) is 11.6 Å². The molecule has 5 rings (SSSR count). The lowest BCUT2D eigenvalue weighted by Crippen LogP contribution is -2.20. The summed E-state index contributed by atoms with van der Waals surface area (Å²) in [7, 11) is 0. The molecule has 0 amide bonds. The van der Waals surface area contributed by atoms with Crippen LogP contribution in [0.5, 0.6) is 11.5 Å². The maximum atomic E-state index is 6.52. The van der Waals surface area contributed by atoms with Gasteiger partial charge in [-0.05, 0) is 30.2 Å². The number of rotatable bonds is 4. The van der Waals surface area contributed by atoms with Crippen molar-refractivity contribution in [2.75, 3.05) is 20.0 Å². The van der Waals surface area contributed by atoms with E-state index >= 15 is 0 Å². The van der Waals surface area contributed by atoms with Crippen LogP contribution >= 0.6 is 11.6 Å². The fraction of sp³-hybridized carbons (Fsp3) is 0.300. The summed E-state index contributed by atoms with van der Waals surface area (Å²) in [5.41, 5.74) is 2.09. The van der Waals surface area contributed by atoms with E-state index in [2.05, 4.69) is 26.7 Å². The van der Waals surface area contributed by atoms with Crippen molar-refractivity contribution in [2.24, 2.45) is 5.92 Å². The lowest BCUT2D eigenvalue weighted by atomic mass is 9.95. The Bertz CT molecular complexity index is 960. The molecule has 7 heteroatoms. The number of pyridine rings is 1. The average Bonchev–Trinajstić information content (AvgIpc) is 3.41. The zero-order valence-corrected chi connectivity index (χ0v) is 15.3. The number of hydrogen-bond donors (Lipinski definition) is 0. The van der Waals surface area contributed by atoms with Gasteiger partial charge in [-0.3, -0.25) is 4.98 Å². The van der Waals surface area contributed by atoms with Gasteiger partial charge in [-0.15, -0.1) is 0 Å². The van der Waals surface area contributed by atoms with E-state index in [-0.39, 0.29) is 12.8 Å². The topological polar surface area (TPSA) is 58.4 Å². The van der Waals surface area contributed by atoms with Crippen LogP contribution in [0.15, 0.2) is 49.1 Å². The first-order valence-corrected chi connectivity index (χ1v) is 9.26. The minimum Gasteiger partial charge on any atom is -0.454 e. The molecule has 4 heterocycles. The molecule has 0 radical (unpaired) electrons. The quantitative estimate of drug-likeness (QED) is 0.686. The first-order valence-electron chi connectivity index (χ1n) is 8.88. The van der Waals surface area contributed by atoms with Gasteiger partial charge in [-0.2, -0.15) is 0 Å². The van der Waals surface area contributed by atoms with Crippen molar-refractivity contribution in [1.82, 2.24) is 14.5 Å². The van der Waals surface area contributed by atoms with Crippen LogP contribution in [-0.4, -0.2) is 34.5 Å². The molecule has 27 heavy (non-hydrogen) atoms. The number of ether oxygens (including phenoxy) is 3. The van der Waals surface area contributed by atoms with Gasteiger partial charge < -0.3 is 18.8 Å². The van der Waals surface area contributed by atoms with Gasteiger partial charge in [0.15, 0.2) is 11.5 Å². The molecule has 1 aromatic carbocycles. The first-order chi connectivity index (χ1) is 13.3. The van der Waals surface area contributed by atoms with E-state index in [1.54, 1.807) is 12.3 Å². The van der Waals surface area contributed by atoms with Crippen molar-refractivity contribution in [2.45, 2.75) is 12.5 Å². The molecule has 2 aliphatic heterocycles. The van der Waals surface area contributed by atoms with Gasteiger partial charge in [-0.25, -0.2) is 4.98 Å². The molecular weight excluding hydrogens is 366 g/mol. The van der Waals surface area contributed by atoms with Crippen molar-refractivity contribution in [1.29, 1.82) is 0 Å². The molecule has 0 N–H and O–H groups in total. The maximum absolute atomic E-state index is 6.52. The highest BCUT2D eigenvalue weighted by Crippen LogP contribution is 2.42. The van der Waals surface area contributed by atoms with Crippen LogP contribution in [0.2, 0.25) is 5.02 Å². The number of aromatic nitrogens is 3. The predicted molar refractivity (Wildman–Crippen MR) is 100 cm³/mol. The highest BCUT2D eigenvalue weighted by Gasteiger charge is 2.32. The van der Waals surface area contributed by atoms with E-state index < -0.39 is 0 Å². The normalized spacial score (nSPS) is 20.9. The molecule has 0 aliphatic carbocycles. The molecule has 138 valence electrons. The minimum atomic E-state index is 0.192. The summed E-state index contributed by atoms with van der Waals surface area (Å²) in [5.74, 6) is 2.53. The Balaban J connectivity index is 1.48. The van der Waals surface area contributed by atoms with Crippen molar-refractivity contribution >= 4 is 11.6 Å². The van der Waals surface area contributed by atoms with E-state index in [9.17, 15) is 0 Å². The Morgan fingerprint density at radius 3 is 2.74 bits per heavy atom. The van der Waals surface area contributed by atoms with Crippen LogP contribution in [0.3, 0.4) is 0 Å². The summed E-state index contributed by atoms with van der Waals surface area (Å²) in [4.78, 5) is 8.67. The number of nitrogens with zero attached hydrogens (tertiary/aromatic N) is 3. The van der Waals surface area contributed by atoms with Crippen molar-refractivity contribution < 1.29 is 14.2 Å². The van der Waals surface area contributed by atoms with Gasteiger partial charge in [0.05, 0.1) is 24.3 Å². The first kappa shape index (κ1) is 16.6. The molecular formula is C20H18ClN3O3. The molecule has 0 unspecified atom stereocenters. The molecule has 0 spiro atoms. The smallest absolute Gasteiger partial charge is 0.231 e. The molecule has 2 aliphatic rings. The van der Waals surface area contributed by atoms with Gasteiger partial charge in [0, 0.05) is 42.3 Å². The molecule has 2 aromatic heterocycles. The number of benzene rings is 1. The number of hydrogen-bond acceptors (Lipinski definition) is 5. The molecule has 6 nitrogen and oxygen atoms in total. The van der Waals surface area contributed by atoms with Gasteiger partial charge in [0.25, 0.3) is 0 Å². The van der Waals surface area contributed by atoms with Crippen LogP contribution in [0.4, 0.5) is 0 Å². The van der Waals surface area contributed by atoms with Crippen molar-refractivity contribution in [3.63, 3.8) is 0 Å². The highest BCUT2D eigenvalue weighted by molar-refractivity contribution is 6.33. The molecule has 2 atom stereocenters. The average molecular weight is 384 g/mol. The van der Waals surface area contributed by atoms with Gasteiger partial charge >= 0.3 is 0 Å². The Morgan fingerprint density at radius 1 is 1.07 bits per heavy atom. The molecule has 0 saturated carbocycles. The summed E-state index contributed by atoms with van der Waals surface area (Å²) in [6.07, 6.45) is 8.39. The molecule has 1 fully saturated rings. The standard InChI is InChI=1S/C20H18ClN3O3/c21-16-9-19-18(26-12-27-19)8-15(16)20-23-5-6-24(20)17-11-25-10-14(17)7-13-1-3-22-4-2-13/h1-6,8-9,14,17H,7,10-12H2/t14-,17-/m1/s1. The fourth-order valence-electron chi connectivity index (χ4n) is 3.79. The summed E-state index contributed by atoms with van der Waals surface area (Å²) < 4.78 is 18.9. The monoisotopic (exact) mass is 383 g/mol. The summed E-state index contributed by atoms with van der Waals surface area (Å²) in [6, 6.07) is 7.99. The Labute approximate surface area is 161 Å². The predicted octanol–water partition coefficient (Wildman–Crippen LogP) is 3.76.